The third-order valence-electron chi connectivity index (χ3n) is 4.63. The third-order valence-corrected chi connectivity index (χ3v) is 4.63. The van der Waals surface area contributed by atoms with Gasteiger partial charge in [-0.15, -0.1) is 0 Å². The quantitative estimate of drug-likeness (QED) is 0.431. The average Bonchev–Trinajstić information content (AvgIpc) is 2.75. The van der Waals surface area contributed by atoms with Crippen molar-refractivity contribution < 1.29 is 9.53 Å². The minimum absolute atomic E-state index is 0.157. The molecule has 0 radical (unpaired) electrons. The number of carbonyl (C=O) groups excluding carboxylic acids is 1. The smallest absolute Gasteiger partial charge is 0.253 e. The maximum Gasteiger partial charge on any atom is 0.253 e. The molecule has 0 unspecified atom stereocenters. The summed E-state index contributed by atoms with van der Waals surface area (Å²) in [5.41, 5.74) is 10.3. The van der Waals surface area contributed by atoms with E-state index in [9.17, 15) is 4.79 Å². The van der Waals surface area contributed by atoms with E-state index >= 15 is 0 Å². The topological polar surface area (TPSA) is 67.6 Å². The Morgan fingerprint density at radius 1 is 0.931 bits per heavy atom. The molecule has 3 rings (SSSR count). The lowest BCUT2D eigenvalue weighted by Crippen LogP contribution is -2.30. The van der Waals surface area contributed by atoms with Gasteiger partial charge in [0.05, 0.1) is 17.9 Å². The number of nitrogens with two attached hydrogens (primary N) is 1. The lowest BCUT2D eigenvalue weighted by molar-refractivity contribution is 0.0937. The molecule has 3 aromatic rings. The van der Waals surface area contributed by atoms with Gasteiger partial charge >= 0.3 is 0 Å². The number of amides is 1. The lowest BCUT2D eigenvalue weighted by Gasteiger charge is -2.27. The molecular weight excluding hydrogens is 362 g/mol. The molecule has 0 aromatic heterocycles. The Bertz CT molecular complexity index is 872. The Hall–Kier alpha value is -3.31. The summed E-state index contributed by atoms with van der Waals surface area (Å²) in [4.78, 5) is 15.1. The van der Waals surface area contributed by atoms with Crippen molar-refractivity contribution in [2.45, 2.75) is 13.1 Å². The largest absolute Gasteiger partial charge is 0.399 e. The highest BCUT2D eigenvalue weighted by atomic mass is 16.5. The number of benzene rings is 3. The van der Waals surface area contributed by atoms with E-state index < -0.39 is 0 Å². The van der Waals surface area contributed by atoms with E-state index in [1.807, 2.05) is 48.5 Å². The van der Waals surface area contributed by atoms with E-state index in [1.165, 1.54) is 11.1 Å². The van der Waals surface area contributed by atoms with E-state index in [0.29, 0.717) is 37.5 Å². The molecule has 0 aliphatic heterocycles. The van der Waals surface area contributed by atoms with E-state index in [0.717, 1.165) is 5.69 Å². The second-order valence-electron chi connectivity index (χ2n) is 6.85. The van der Waals surface area contributed by atoms with Gasteiger partial charge in [-0.2, -0.15) is 0 Å². The summed E-state index contributed by atoms with van der Waals surface area (Å²) >= 11 is 0. The molecule has 0 aliphatic rings. The summed E-state index contributed by atoms with van der Waals surface area (Å²) in [7, 11) is 1.61. The maximum atomic E-state index is 12.9. The Morgan fingerprint density at radius 2 is 1.52 bits per heavy atom. The number of nitrogens with zero attached hydrogens (tertiary/aromatic N) is 1. The van der Waals surface area contributed by atoms with Crippen LogP contribution in [0.3, 0.4) is 0 Å². The number of methoxy groups -OCH3 is 1. The van der Waals surface area contributed by atoms with Crippen LogP contribution in [0, 0.1) is 0 Å². The Kier molecular flexibility index (Phi) is 7.25. The molecule has 0 heterocycles. The van der Waals surface area contributed by atoms with Crippen molar-refractivity contribution in [3.8, 4) is 0 Å². The third kappa shape index (κ3) is 5.83. The van der Waals surface area contributed by atoms with Gasteiger partial charge in [0.1, 0.15) is 0 Å². The number of nitrogen functional groups attached to an aromatic ring is 1. The van der Waals surface area contributed by atoms with Crippen LogP contribution < -0.4 is 16.0 Å². The Morgan fingerprint density at radius 3 is 2.07 bits per heavy atom. The zero-order chi connectivity index (χ0) is 20.5. The number of anilines is 2. The predicted octanol–water partition coefficient (Wildman–Crippen LogP) is 3.85. The van der Waals surface area contributed by atoms with Crippen molar-refractivity contribution in [2.75, 3.05) is 30.9 Å². The van der Waals surface area contributed by atoms with Crippen LogP contribution in [0.4, 0.5) is 11.4 Å². The molecule has 1 amide bonds. The molecule has 29 heavy (non-hydrogen) atoms. The molecule has 0 bridgehead atoms. The van der Waals surface area contributed by atoms with Crippen LogP contribution in [-0.4, -0.2) is 26.2 Å². The molecule has 0 spiro atoms. The highest BCUT2D eigenvalue weighted by molar-refractivity contribution is 6.00. The van der Waals surface area contributed by atoms with Gasteiger partial charge in [0.2, 0.25) is 0 Å². The van der Waals surface area contributed by atoms with Gasteiger partial charge in [0.25, 0.3) is 5.91 Å². The highest BCUT2D eigenvalue weighted by Crippen LogP contribution is 2.27. The van der Waals surface area contributed by atoms with Crippen molar-refractivity contribution in [2.24, 2.45) is 0 Å². The summed E-state index contributed by atoms with van der Waals surface area (Å²) < 4.78 is 5.04. The average molecular weight is 389 g/mol. The second kappa shape index (κ2) is 10.3. The number of carbonyl (C=O) groups is 1. The molecule has 0 fully saturated rings. The van der Waals surface area contributed by atoms with Crippen LogP contribution in [0.1, 0.15) is 21.5 Å². The molecule has 150 valence electrons. The van der Waals surface area contributed by atoms with Gasteiger partial charge < -0.3 is 20.7 Å². The highest BCUT2D eigenvalue weighted by Gasteiger charge is 2.18. The first-order chi connectivity index (χ1) is 14.2. The van der Waals surface area contributed by atoms with Crippen LogP contribution in [-0.2, 0) is 17.8 Å². The number of rotatable bonds is 9. The van der Waals surface area contributed by atoms with Crippen molar-refractivity contribution in [3.63, 3.8) is 0 Å². The molecule has 5 nitrogen and oxygen atoms in total. The van der Waals surface area contributed by atoms with Gasteiger partial charge in [-0.05, 0) is 29.3 Å². The Labute approximate surface area is 172 Å². The van der Waals surface area contributed by atoms with Crippen molar-refractivity contribution >= 4 is 17.3 Å². The summed E-state index contributed by atoms with van der Waals surface area (Å²) in [6.07, 6.45) is 0. The fourth-order valence-corrected chi connectivity index (χ4v) is 3.21. The SMILES string of the molecule is COCCNC(=O)c1cc(N)ccc1N(Cc1ccccc1)Cc1ccccc1. The van der Waals surface area contributed by atoms with Crippen LogP contribution in [0.5, 0.6) is 0 Å². The fraction of sp³-hybridized carbons (Fsp3) is 0.208. The Balaban J connectivity index is 1.94. The van der Waals surface area contributed by atoms with Gasteiger partial charge in [-0.3, -0.25) is 4.79 Å². The normalized spacial score (nSPS) is 10.5. The second-order valence-corrected chi connectivity index (χ2v) is 6.85. The lowest BCUT2D eigenvalue weighted by atomic mass is 10.1. The first kappa shape index (κ1) is 20.4. The van der Waals surface area contributed by atoms with Crippen molar-refractivity contribution in [3.05, 3.63) is 95.6 Å². The molecular formula is C24H27N3O2. The number of hydrogen-bond donors (Lipinski definition) is 2. The van der Waals surface area contributed by atoms with E-state index in [4.69, 9.17) is 10.5 Å². The summed E-state index contributed by atoms with van der Waals surface area (Å²) in [5.74, 6) is -0.157. The zero-order valence-electron chi connectivity index (χ0n) is 16.7. The van der Waals surface area contributed by atoms with Crippen LogP contribution in [0.25, 0.3) is 0 Å². The molecule has 0 saturated heterocycles. The first-order valence-electron chi connectivity index (χ1n) is 9.67. The van der Waals surface area contributed by atoms with Gasteiger partial charge in [-0.25, -0.2) is 0 Å². The van der Waals surface area contributed by atoms with Crippen molar-refractivity contribution in [1.82, 2.24) is 5.32 Å². The number of ether oxygens (including phenoxy) is 1. The van der Waals surface area contributed by atoms with Crippen LogP contribution in [0.2, 0.25) is 0 Å². The number of hydrogen-bond acceptors (Lipinski definition) is 4. The monoisotopic (exact) mass is 389 g/mol. The van der Waals surface area contributed by atoms with Crippen LogP contribution >= 0.6 is 0 Å². The summed E-state index contributed by atoms with van der Waals surface area (Å²) in [5, 5.41) is 2.90. The molecule has 0 atom stereocenters. The van der Waals surface area contributed by atoms with Gasteiger partial charge in [0.15, 0.2) is 0 Å². The van der Waals surface area contributed by atoms with Crippen molar-refractivity contribution in [1.29, 1.82) is 0 Å². The standard InChI is InChI=1S/C24H27N3O2/c1-29-15-14-26-24(28)22-16-21(25)12-13-23(22)27(17-19-8-4-2-5-9-19)18-20-10-6-3-7-11-20/h2-13,16H,14-15,17-18,25H2,1H3,(H,26,28). The zero-order valence-corrected chi connectivity index (χ0v) is 16.7. The van der Waals surface area contributed by atoms with Gasteiger partial charge in [-0.1, -0.05) is 60.7 Å². The maximum absolute atomic E-state index is 12.9. The minimum atomic E-state index is -0.157. The molecule has 0 saturated carbocycles. The van der Waals surface area contributed by atoms with E-state index in [-0.39, 0.29) is 5.91 Å². The summed E-state index contributed by atoms with van der Waals surface area (Å²) in [6, 6.07) is 26.0. The fourth-order valence-electron chi connectivity index (χ4n) is 3.21. The minimum Gasteiger partial charge on any atom is -0.399 e. The molecule has 0 aliphatic carbocycles. The van der Waals surface area contributed by atoms with E-state index in [1.54, 1.807) is 13.2 Å². The van der Waals surface area contributed by atoms with E-state index in [2.05, 4.69) is 34.5 Å². The van der Waals surface area contributed by atoms with Crippen LogP contribution in [0.15, 0.2) is 78.9 Å². The molecule has 3 N–H and O–H groups in total. The molecule has 5 heteroatoms. The predicted molar refractivity (Wildman–Crippen MR) is 118 cm³/mol. The first-order valence-corrected chi connectivity index (χ1v) is 9.67. The van der Waals surface area contributed by atoms with Gasteiger partial charge in [0, 0.05) is 32.4 Å². The number of nitrogens with one attached hydrogen (secondary N) is 1. The molecule has 3 aromatic carbocycles. The summed E-state index contributed by atoms with van der Waals surface area (Å²) in [6.45, 7) is 2.26.